The minimum atomic E-state index is -3.34. The maximum atomic E-state index is 12.4. The Bertz CT molecular complexity index is 196. The lowest BCUT2D eigenvalue weighted by atomic mass is 10.4. The third-order valence-electron chi connectivity index (χ3n) is 1.03. The van der Waals surface area contributed by atoms with E-state index in [0.29, 0.717) is 6.92 Å². The number of halogens is 2. The molecule has 0 heterocycles. The van der Waals surface area contributed by atoms with Crippen molar-refractivity contribution in [1.29, 1.82) is 0 Å². The zero-order chi connectivity index (χ0) is 10.5. The minimum Gasteiger partial charge on any atom is -0.337 e. The first-order valence-electron chi connectivity index (χ1n) is 3.83. The lowest BCUT2D eigenvalue weighted by Crippen LogP contribution is -2.03. The van der Waals surface area contributed by atoms with Crippen LogP contribution in [0.3, 0.4) is 0 Å². The molecule has 0 amide bonds. The first-order valence-corrected chi connectivity index (χ1v) is 7.92. The Morgan fingerprint density at radius 3 is 2.54 bits per heavy atom. The van der Waals surface area contributed by atoms with E-state index in [4.69, 9.17) is 4.52 Å². The van der Waals surface area contributed by atoms with E-state index >= 15 is 0 Å². The summed E-state index contributed by atoms with van der Waals surface area (Å²) in [7, 11) is 0. The van der Waals surface area contributed by atoms with Gasteiger partial charge in [-0.15, -0.1) is 0 Å². The van der Waals surface area contributed by atoms with Crippen molar-refractivity contribution in [2.75, 3.05) is 6.61 Å². The van der Waals surface area contributed by atoms with Crippen molar-refractivity contribution >= 4 is 28.9 Å². The first kappa shape index (κ1) is 13.8. The van der Waals surface area contributed by atoms with E-state index in [1.165, 1.54) is 0 Å². The zero-order valence-corrected chi connectivity index (χ0v) is 10.0. The van der Waals surface area contributed by atoms with Gasteiger partial charge in [-0.3, -0.25) is 0 Å². The topological polar surface area (TPSA) is 29.5 Å². The molecule has 0 aliphatic heterocycles. The quantitative estimate of drug-likeness (QED) is 0.578. The average Bonchev–Trinajstić information content (AvgIpc) is 1.81. The highest BCUT2D eigenvalue weighted by atomic mass is 32.9. The molecule has 0 aromatic carbocycles. The summed E-state index contributed by atoms with van der Waals surface area (Å²) in [4.78, 5) is 9.26. The highest BCUT2D eigenvalue weighted by Gasteiger charge is 2.32. The van der Waals surface area contributed by atoms with Gasteiger partial charge in [0, 0.05) is 18.3 Å². The fourth-order valence-corrected chi connectivity index (χ4v) is 4.37. The van der Waals surface area contributed by atoms with Gasteiger partial charge in [0.1, 0.15) is 0 Å². The summed E-state index contributed by atoms with van der Waals surface area (Å²) >= 11 is 4.57. The minimum absolute atomic E-state index is 0.0354. The molecule has 1 atom stereocenters. The van der Waals surface area contributed by atoms with Crippen molar-refractivity contribution < 1.29 is 18.2 Å². The fraction of sp³-hybridized carbons (Fsp3) is 1.00. The molecule has 0 aliphatic rings. The van der Waals surface area contributed by atoms with Gasteiger partial charge in [0.15, 0.2) is 0 Å². The van der Waals surface area contributed by atoms with Crippen molar-refractivity contribution in [3.8, 4) is 0 Å². The van der Waals surface area contributed by atoms with Gasteiger partial charge in [0.05, 0.1) is 6.61 Å². The van der Waals surface area contributed by atoms with Crippen LogP contribution < -0.4 is 0 Å². The largest absolute Gasteiger partial charge is 0.337 e. The van der Waals surface area contributed by atoms with Crippen molar-refractivity contribution in [1.82, 2.24) is 0 Å². The van der Waals surface area contributed by atoms with Crippen LogP contribution in [0.15, 0.2) is 0 Å². The monoisotopic (exact) mass is 250 g/mol. The molecule has 2 nitrogen and oxygen atoms in total. The molecule has 0 aromatic heterocycles. The van der Waals surface area contributed by atoms with Gasteiger partial charge in [-0.05, 0) is 18.2 Å². The molecule has 13 heavy (non-hydrogen) atoms. The second-order valence-electron chi connectivity index (χ2n) is 2.55. The van der Waals surface area contributed by atoms with Crippen LogP contribution >= 0.6 is 17.1 Å². The molecule has 1 unspecified atom stereocenters. The maximum Gasteiger partial charge on any atom is 0.299 e. The van der Waals surface area contributed by atoms with Gasteiger partial charge in [0.2, 0.25) is 5.69 Å². The third kappa shape index (κ3) is 9.09. The standard InChI is InChI=1S/C6H13F2O2PS2/c1-3-4-5-10-11(9,12)13-6(2,7)8/h3-5H2,1-2H3,(H,9,12). The van der Waals surface area contributed by atoms with Gasteiger partial charge < -0.3 is 9.42 Å². The van der Waals surface area contributed by atoms with Crippen LogP contribution in [-0.4, -0.2) is 16.8 Å². The molecule has 1 N–H and O–H groups in total. The lowest BCUT2D eigenvalue weighted by molar-refractivity contribution is 0.130. The lowest BCUT2D eigenvalue weighted by Gasteiger charge is -2.18. The Morgan fingerprint density at radius 2 is 2.15 bits per heavy atom. The Labute approximate surface area is 86.0 Å². The number of hydrogen-bond donors (Lipinski definition) is 1. The molecule has 0 fully saturated rings. The molecular weight excluding hydrogens is 237 g/mol. The van der Waals surface area contributed by atoms with Crippen molar-refractivity contribution in [3.05, 3.63) is 0 Å². The summed E-state index contributed by atoms with van der Waals surface area (Å²) in [6.45, 7) is 2.87. The van der Waals surface area contributed by atoms with Gasteiger partial charge in [-0.25, -0.2) is 0 Å². The van der Waals surface area contributed by atoms with Gasteiger partial charge in [0.25, 0.3) is 5.25 Å². The van der Waals surface area contributed by atoms with Crippen LogP contribution in [0.2, 0.25) is 0 Å². The first-order chi connectivity index (χ1) is 5.77. The van der Waals surface area contributed by atoms with Gasteiger partial charge in [-0.1, -0.05) is 13.3 Å². The molecule has 0 saturated heterocycles. The average molecular weight is 250 g/mol. The van der Waals surface area contributed by atoms with Gasteiger partial charge in [-0.2, -0.15) is 8.78 Å². The van der Waals surface area contributed by atoms with E-state index in [-0.39, 0.29) is 18.0 Å². The van der Waals surface area contributed by atoms with E-state index in [1.807, 2.05) is 6.92 Å². The molecule has 0 bridgehead atoms. The van der Waals surface area contributed by atoms with Crippen LogP contribution in [0, 0.1) is 0 Å². The molecule has 0 radical (unpaired) electrons. The molecular formula is C6H13F2O2PS2. The van der Waals surface area contributed by atoms with Crippen molar-refractivity contribution in [2.45, 2.75) is 31.9 Å². The highest BCUT2D eigenvalue weighted by molar-refractivity contribution is 8.68. The number of rotatable bonds is 6. The van der Waals surface area contributed by atoms with Gasteiger partial charge >= 0.3 is 0 Å². The molecule has 80 valence electrons. The number of hydrogen-bond acceptors (Lipinski definition) is 3. The van der Waals surface area contributed by atoms with Crippen molar-refractivity contribution in [2.24, 2.45) is 0 Å². The smallest absolute Gasteiger partial charge is 0.299 e. The SMILES string of the molecule is CCCCOP(O)(=S)SC(C)(F)F. The molecule has 0 rings (SSSR count). The van der Waals surface area contributed by atoms with E-state index in [1.54, 1.807) is 0 Å². The molecule has 0 aromatic rings. The van der Waals surface area contributed by atoms with Crippen LogP contribution in [0.1, 0.15) is 26.7 Å². The predicted molar refractivity (Wildman–Crippen MR) is 55.6 cm³/mol. The molecule has 0 saturated carbocycles. The van der Waals surface area contributed by atoms with Crippen LogP contribution in [-0.2, 0) is 16.3 Å². The van der Waals surface area contributed by atoms with Crippen molar-refractivity contribution in [3.63, 3.8) is 0 Å². The Hall–Kier alpha value is 0.780. The van der Waals surface area contributed by atoms with E-state index in [0.717, 1.165) is 12.8 Å². The second kappa shape index (κ2) is 5.61. The van der Waals surface area contributed by atoms with E-state index < -0.39 is 10.9 Å². The predicted octanol–water partition coefficient (Wildman–Crippen LogP) is 3.37. The second-order valence-corrected chi connectivity index (χ2v) is 8.86. The molecule has 0 aliphatic carbocycles. The summed E-state index contributed by atoms with van der Waals surface area (Å²) in [6, 6.07) is 0. The summed E-state index contributed by atoms with van der Waals surface area (Å²) in [5.74, 6) is 0. The summed E-state index contributed by atoms with van der Waals surface area (Å²) < 4.78 is 29.6. The highest BCUT2D eigenvalue weighted by Crippen LogP contribution is 2.62. The molecule has 7 heteroatoms. The van der Waals surface area contributed by atoms with E-state index in [2.05, 4.69) is 11.8 Å². The zero-order valence-electron chi connectivity index (χ0n) is 7.50. The summed E-state index contributed by atoms with van der Waals surface area (Å²) in [5.41, 5.74) is -3.34. The van der Waals surface area contributed by atoms with E-state index in [9.17, 15) is 13.7 Å². The Kier molecular flexibility index (Phi) is 5.95. The normalized spacial score (nSPS) is 17.0. The Balaban J connectivity index is 3.88. The third-order valence-corrected chi connectivity index (χ3v) is 5.05. The summed E-state index contributed by atoms with van der Waals surface area (Å²) in [5, 5.41) is -3.03. The Morgan fingerprint density at radius 1 is 1.62 bits per heavy atom. The molecule has 0 spiro atoms. The fourth-order valence-electron chi connectivity index (χ4n) is 0.553. The number of unbranched alkanes of at least 4 members (excludes halogenated alkanes) is 1. The summed E-state index contributed by atoms with van der Waals surface area (Å²) in [6.07, 6.45) is 1.59. The number of alkyl halides is 2. The van der Waals surface area contributed by atoms with Crippen LogP contribution in [0.5, 0.6) is 0 Å². The maximum absolute atomic E-state index is 12.4. The van der Waals surface area contributed by atoms with Crippen LogP contribution in [0.25, 0.3) is 0 Å². The van der Waals surface area contributed by atoms with Crippen LogP contribution in [0.4, 0.5) is 8.78 Å².